The first-order chi connectivity index (χ1) is 13.1. The van der Waals surface area contributed by atoms with Crippen molar-refractivity contribution in [2.45, 2.75) is 6.04 Å². The third-order valence-electron chi connectivity index (χ3n) is 4.72. The number of nitrogens with zero attached hydrogens (tertiary/aromatic N) is 2. The molecule has 3 N–H and O–H groups in total. The molecule has 0 saturated carbocycles. The summed E-state index contributed by atoms with van der Waals surface area (Å²) in [5.41, 5.74) is 3.94. The van der Waals surface area contributed by atoms with Gasteiger partial charge in [0.05, 0.1) is 28.9 Å². The number of carboxylic acids is 1. The van der Waals surface area contributed by atoms with Gasteiger partial charge in [-0.2, -0.15) is 0 Å². The van der Waals surface area contributed by atoms with Crippen LogP contribution < -0.4 is 16.0 Å². The van der Waals surface area contributed by atoms with E-state index in [4.69, 9.17) is 0 Å². The number of fused-ring (bicyclic) bond motifs is 6. The van der Waals surface area contributed by atoms with E-state index < -0.39 is 11.9 Å². The van der Waals surface area contributed by atoms with E-state index in [0.717, 1.165) is 39.2 Å². The topological polar surface area (TPSA) is 89.8 Å². The average Bonchev–Trinajstić information content (AvgIpc) is 3.38. The molecule has 8 bridgehead atoms. The molecular formula is C21H16N4O2. The fraction of sp³-hybridized carbons (Fsp3) is 0.0952. The predicted molar refractivity (Wildman–Crippen MR) is 104 cm³/mol. The molecule has 0 saturated heterocycles. The molecule has 1 aromatic rings. The quantitative estimate of drug-likeness (QED) is 0.699. The summed E-state index contributed by atoms with van der Waals surface area (Å²) in [5.74, 6) is -1.52. The number of aliphatic imine (C=N–C) groups is 2. The summed E-state index contributed by atoms with van der Waals surface area (Å²) < 4.78 is 0. The van der Waals surface area contributed by atoms with Gasteiger partial charge < -0.3 is 15.4 Å². The van der Waals surface area contributed by atoms with Crippen LogP contribution in [0.1, 0.15) is 0 Å². The summed E-state index contributed by atoms with van der Waals surface area (Å²) in [5, 5.41) is 14.7. The molecule has 0 aliphatic carbocycles. The minimum Gasteiger partial charge on any atom is -0.481 e. The molecule has 132 valence electrons. The summed E-state index contributed by atoms with van der Waals surface area (Å²) in [4.78, 5) is 24.2. The summed E-state index contributed by atoms with van der Waals surface area (Å²) in [6.45, 7) is 0. The van der Waals surface area contributed by atoms with Crippen LogP contribution in [-0.4, -0.2) is 33.5 Å². The second-order valence-electron chi connectivity index (χ2n) is 6.71. The molecule has 0 radical (unpaired) electrons. The summed E-state index contributed by atoms with van der Waals surface area (Å²) >= 11 is 0. The average molecular weight is 356 g/mol. The maximum absolute atomic E-state index is 11.7. The van der Waals surface area contributed by atoms with Gasteiger partial charge in [-0.05, 0) is 66.8 Å². The van der Waals surface area contributed by atoms with Gasteiger partial charge >= 0.3 is 5.97 Å². The first kappa shape index (κ1) is 15.6. The number of carboxylic acid groups (broad SMARTS) is 1. The summed E-state index contributed by atoms with van der Waals surface area (Å²) in [6, 6.07) is 3.64. The van der Waals surface area contributed by atoms with Gasteiger partial charge in [-0.25, -0.2) is 9.98 Å². The molecular weight excluding hydrogens is 340 g/mol. The van der Waals surface area contributed by atoms with Crippen molar-refractivity contribution in [2.24, 2.45) is 15.9 Å². The highest BCUT2D eigenvalue weighted by Crippen LogP contribution is 2.24. The van der Waals surface area contributed by atoms with Crippen molar-refractivity contribution >= 4 is 29.5 Å². The molecule has 4 aliphatic heterocycles. The Morgan fingerprint density at radius 2 is 1.56 bits per heavy atom. The first-order valence-corrected chi connectivity index (χ1v) is 8.69. The Morgan fingerprint density at radius 1 is 0.889 bits per heavy atom. The summed E-state index contributed by atoms with van der Waals surface area (Å²) in [7, 11) is 0. The van der Waals surface area contributed by atoms with Crippen molar-refractivity contribution in [2.75, 3.05) is 0 Å². The molecule has 5 rings (SSSR count). The maximum atomic E-state index is 11.7. The van der Waals surface area contributed by atoms with Crippen LogP contribution in [0.25, 0.3) is 12.2 Å². The van der Waals surface area contributed by atoms with Gasteiger partial charge in [-0.1, -0.05) is 0 Å². The monoisotopic (exact) mass is 356 g/mol. The number of nitrogens with one attached hydrogen (secondary N) is 2. The number of rotatable bonds is 1. The van der Waals surface area contributed by atoms with Crippen molar-refractivity contribution in [1.82, 2.24) is 10.3 Å². The van der Waals surface area contributed by atoms with Gasteiger partial charge in [-0.15, -0.1) is 0 Å². The molecule has 2 atom stereocenters. The van der Waals surface area contributed by atoms with E-state index in [9.17, 15) is 9.90 Å². The molecule has 4 aliphatic rings. The van der Waals surface area contributed by atoms with Crippen LogP contribution in [0.15, 0.2) is 81.7 Å². The van der Waals surface area contributed by atoms with Crippen molar-refractivity contribution in [3.05, 3.63) is 82.5 Å². The van der Waals surface area contributed by atoms with Gasteiger partial charge in [0.25, 0.3) is 0 Å². The van der Waals surface area contributed by atoms with Crippen LogP contribution in [0.3, 0.4) is 0 Å². The van der Waals surface area contributed by atoms with Gasteiger partial charge in [0.15, 0.2) is 0 Å². The zero-order valence-electron chi connectivity index (χ0n) is 14.3. The van der Waals surface area contributed by atoms with Crippen molar-refractivity contribution in [3.63, 3.8) is 0 Å². The Hall–Kier alpha value is -3.67. The Balaban J connectivity index is 1.66. The highest BCUT2D eigenvalue weighted by Gasteiger charge is 2.31. The van der Waals surface area contributed by atoms with Crippen molar-refractivity contribution in [3.8, 4) is 0 Å². The third kappa shape index (κ3) is 3.01. The number of aromatic nitrogens is 1. The van der Waals surface area contributed by atoms with Gasteiger partial charge in [0.2, 0.25) is 0 Å². The number of aliphatic carboxylic acids is 1. The van der Waals surface area contributed by atoms with Crippen LogP contribution in [0, 0.1) is 5.92 Å². The highest BCUT2D eigenvalue weighted by molar-refractivity contribution is 6.20. The van der Waals surface area contributed by atoms with Crippen molar-refractivity contribution in [1.29, 1.82) is 0 Å². The molecule has 6 nitrogen and oxygen atoms in total. The minimum atomic E-state index is -0.869. The lowest BCUT2D eigenvalue weighted by atomic mass is 10.0. The highest BCUT2D eigenvalue weighted by atomic mass is 16.4. The van der Waals surface area contributed by atoms with Crippen molar-refractivity contribution < 1.29 is 9.90 Å². The second kappa shape index (κ2) is 5.95. The van der Waals surface area contributed by atoms with E-state index in [-0.39, 0.29) is 6.04 Å². The lowest BCUT2D eigenvalue weighted by Gasteiger charge is -2.13. The smallest absolute Gasteiger partial charge is 0.312 e. The van der Waals surface area contributed by atoms with Crippen LogP contribution in [0.2, 0.25) is 0 Å². The lowest BCUT2D eigenvalue weighted by molar-refractivity contribution is -0.140. The SMILES string of the molecule is O=C(O)C1C=C2/C=C3/C=CC(=N3)/C=c3/cc/c([nH]3)=C/C3=NC(=C\C1N2)/C=C3. The Kier molecular flexibility index (Phi) is 3.43. The van der Waals surface area contributed by atoms with Gasteiger partial charge in [0, 0.05) is 16.4 Å². The van der Waals surface area contributed by atoms with E-state index >= 15 is 0 Å². The number of allylic oxidation sites excluding steroid dienone is 5. The molecule has 6 heteroatoms. The van der Waals surface area contributed by atoms with Crippen LogP contribution in [0.4, 0.5) is 0 Å². The zero-order chi connectivity index (χ0) is 18.4. The molecule has 27 heavy (non-hydrogen) atoms. The molecule has 1 aromatic heterocycles. The van der Waals surface area contributed by atoms with E-state index in [1.807, 2.05) is 60.7 Å². The number of hydrogen-bond donors (Lipinski definition) is 3. The molecule has 0 spiro atoms. The second-order valence-corrected chi connectivity index (χ2v) is 6.71. The lowest BCUT2D eigenvalue weighted by Crippen LogP contribution is -2.31. The fourth-order valence-electron chi connectivity index (χ4n) is 3.47. The maximum Gasteiger partial charge on any atom is 0.312 e. The number of aromatic amines is 1. The van der Waals surface area contributed by atoms with Gasteiger partial charge in [-0.3, -0.25) is 4.79 Å². The van der Waals surface area contributed by atoms with E-state index in [2.05, 4.69) is 20.3 Å². The molecule has 0 fully saturated rings. The molecule has 2 unspecified atom stereocenters. The zero-order valence-corrected chi connectivity index (χ0v) is 14.3. The van der Waals surface area contributed by atoms with Crippen LogP contribution >= 0.6 is 0 Å². The molecule has 5 heterocycles. The minimum absolute atomic E-state index is 0.359. The Morgan fingerprint density at radius 3 is 2.26 bits per heavy atom. The number of hydrogen-bond acceptors (Lipinski definition) is 4. The first-order valence-electron chi connectivity index (χ1n) is 8.69. The number of H-pyrrole nitrogens is 1. The predicted octanol–water partition coefficient (Wildman–Crippen LogP) is 0.935. The summed E-state index contributed by atoms with van der Waals surface area (Å²) in [6.07, 6.45) is 17.0. The van der Waals surface area contributed by atoms with E-state index in [1.54, 1.807) is 6.08 Å². The normalized spacial score (nSPS) is 31.2. The number of carbonyl (C=O) groups is 1. The molecule has 0 aromatic carbocycles. The molecule has 0 amide bonds. The Bertz CT molecular complexity index is 1180. The van der Waals surface area contributed by atoms with Crippen LogP contribution in [-0.2, 0) is 4.79 Å². The Labute approximate surface area is 154 Å². The third-order valence-corrected chi connectivity index (χ3v) is 4.72. The standard InChI is InChI=1S/C21H16N4O2/c26-21(27)19-10-18-9-16-4-3-14(23-16)7-12-1-2-13(22-12)8-15-5-6-17(24-15)11-20(19)25-18/h1-11,19-20,22,25H,(H,26,27)/b12-7-,13-8-,16-9-,17-11-. The fourth-order valence-corrected chi connectivity index (χ4v) is 3.47. The van der Waals surface area contributed by atoms with E-state index in [1.165, 1.54) is 0 Å². The van der Waals surface area contributed by atoms with E-state index in [0.29, 0.717) is 0 Å². The van der Waals surface area contributed by atoms with Crippen LogP contribution in [0.5, 0.6) is 0 Å². The van der Waals surface area contributed by atoms with Gasteiger partial charge in [0.1, 0.15) is 5.92 Å². The largest absolute Gasteiger partial charge is 0.481 e.